The molecule has 3 rings (SSSR count). The summed E-state index contributed by atoms with van der Waals surface area (Å²) in [6.45, 7) is 2.65. The Labute approximate surface area is 147 Å². The molecule has 0 unspecified atom stereocenters. The summed E-state index contributed by atoms with van der Waals surface area (Å²) in [7, 11) is 3.39. The Balaban J connectivity index is 1.91. The molecule has 1 saturated heterocycles. The molecule has 0 saturated carbocycles. The maximum absolute atomic E-state index is 13.1. The van der Waals surface area contributed by atoms with Gasteiger partial charge in [0.25, 0.3) is 5.91 Å². The number of hydrogen-bond donors (Lipinski definition) is 0. The van der Waals surface area contributed by atoms with Gasteiger partial charge in [-0.25, -0.2) is 0 Å². The van der Waals surface area contributed by atoms with Crippen LogP contribution in [0.15, 0.2) is 30.3 Å². The van der Waals surface area contributed by atoms with E-state index in [0.29, 0.717) is 11.7 Å². The Morgan fingerprint density at radius 2 is 2.08 bits per heavy atom. The SMILES string of the molecule is CO[C@H](C(=O)N1CCC[C@@H]1c1c(C)nn(C)c1Cl)c1ccccc1. The molecule has 24 heavy (non-hydrogen) atoms. The summed E-state index contributed by atoms with van der Waals surface area (Å²) < 4.78 is 7.18. The van der Waals surface area contributed by atoms with E-state index in [2.05, 4.69) is 5.10 Å². The van der Waals surface area contributed by atoms with Crippen molar-refractivity contribution in [2.45, 2.75) is 31.9 Å². The third kappa shape index (κ3) is 2.94. The van der Waals surface area contributed by atoms with E-state index in [1.54, 1.807) is 11.8 Å². The Bertz CT molecular complexity index is 729. The first-order chi connectivity index (χ1) is 11.5. The molecule has 1 fully saturated rings. The van der Waals surface area contributed by atoms with E-state index in [-0.39, 0.29) is 11.9 Å². The number of carbonyl (C=O) groups excluding carboxylic acids is 1. The molecule has 6 heteroatoms. The number of likely N-dealkylation sites (tertiary alicyclic amines) is 1. The van der Waals surface area contributed by atoms with E-state index in [1.165, 1.54) is 0 Å². The van der Waals surface area contributed by atoms with E-state index >= 15 is 0 Å². The first kappa shape index (κ1) is 17.0. The second kappa shape index (κ2) is 6.95. The van der Waals surface area contributed by atoms with Crippen molar-refractivity contribution in [2.75, 3.05) is 13.7 Å². The van der Waals surface area contributed by atoms with Crippen LogP contribution in [0, 0.1) is 6.92 Å². The van der Waals surface area contributed by atoms with E-state index in [9.17, 15) is 4.79 Å². The zero-order valence-electron chi connectivity index (χ0n) is 14.2. The number of halogens is 1. The lowest BCUT2D eigenvalue weighted by Crippen LogP contribution is -2.35. The highest BCUT2D eigenvalue weighted by Crippen LogP contribution is 2.39. The summed E-state index contributed by atoms with van der Waals surface area (Å²) in [4.78, 5) is 15.0. The number of benzene rings is 1. The molecule has 0 N–H and O–H groups in total. The van der Waals surface area contributed by atoms with Gasteiger partial charge in [-0.3, -0.25) is 9.48 Å². The fraction of sp³-hybridized carbons (Fsp3) is 0.444. The summed E-state index contributed by atoms with van der Waals surface area (Å²) in [6.07, 6.45) is 1.25. The monoisotopic (exact) mass is 347 g/mol. The van der Waals surface area contributed by atoms with Crippen molar-refractivity contribution < 1.29 is 9.53 Å². The molecule has 0 bridgehead atoms. The van der Waals surface area contributed by atoms with Gasteiger partial charge in [0, 0.05) is 26.3 Å². The molecule has 5 nitrogen and oxygen atoms in total. The van der Waals surface area contributed by atoms with Gasteiger partial charge in [0.1, 0.15) is 5.15 Å². The highest BCUT2D eigenvalue weighted by Gasteiger charge is 2.37. The fourth-order valence-corrected chi connectivity index (χ4v) is 3.81. The van der Waals surface area contributed by atoms with Gasteiger partial charge in [-0.15, -0.1) is 0 Å². The molecule has 0 aliphatic carbocycles. The van der Waals surface area contributed by atoms with Gasteiger partial charge in [-0.2, -0.15) is 5.10 Å². The minimum atomic E-state index is -0.595. The molecular weight excluding hydrogens is 326 g/mol. The summed E-state index contributed by atoms with van der Waals surface area (Å²) >= 11 is 6.43. The van der Waals surface area contributed by atoms with Gasteiger partial charge in [0.15, 0.2) is 6.10 Å². The van der Waals surface area contributed by atoms with Crippen LogP contribution in [0.3, 0.4) is 0 Å². The van der Waals surface area contributed by atoms with Crippen LogP contribution in [0.1, 0.15) is 41.8 Å². The van der Waals surface area contributed by atoms with Crippen LogP contribution in [0.25, 0.3) is 0 Å². The van der Waals surface area contributed by atoms with Crippen molar-refractivity contribution in [3.8, 4) is 0 Å². The van der Waals surface area contributed by atoms with Crippen LogP contribution in [0.2, 0.25) is 5.15 Å². The first-order valence-corrected chi connectivity index (χ1v) is 8.49. The normalized spacial score (nSPS) is 18.8. The number of carbonyl (C=O) groups is 1. The van der Waals surface area contributed by atoms with Crippen LogP contribution in [0.5, 0.6) is 0 Å². The lowest BCUT2D eigenvalue weighted by atomic mass is 10.0. The van der Waals surface area contributed by atoms with Gasteiger partial charge in [0.2, 0.25) is 0 Å². The minimum Gasteiger partial charge on any atom is -0.367 e. The molecule has 2 atom stereocenters. The number of amides is 1. The van der Waals surface area contributed by atoms with E-state index in [0.717, 1.165) is 29.7 Å². The zero-order chi connectivity index (χ0) is 17.3. The van der Waals surface area contributed by atoms with Crippen molar-refractivity contribution in [3.05, 3.63) is 52.3 Å². The summed E-state index contributed by atoms with van der Waals surface area (Å²) in [5, 5.41) is 4.99. The molecule has 0 spiro atoms. The average Bonchev–Trinajstić information content (AvgIpc) is 3.14. The van der Waals surface area contributed by atoms with Crippen molar-refractivity contribution in [2.24, 2.45) is 7.05 Å². The number of hydrogen-bond acceptors (Lipinski definition) is 3. The number of aryl methyl sites for hydroxylation is 2. The smallest absolute Gasteiger partial charge is 0.256 e. The van der Waals surface area contributed by atoms with Gasteiger partial charge in [0.05, 0.1) is 11.7 Å². The third-order valence-corrected chi connectivity index (χ3v) is 5.08. The first-order valence-electron chi connectivity index (χ1n) is 8.11. The van der Waals surface area contributed by atoms with Gasteiger partial charge >= 0.3 is 0 Å². The number of rotatable bonds is 4. The highest BCUT2D eigenvalue weighted by atomic mass is 35.5. The topological polar surface area (TPSA) is 47.4 Å². The molecule has 1 aliphatic heterocycles. The van der Waals surface area contributed by atoms with Crippen LogP contribution in [-0.4, -0.2) is 34.2 Å². The van der Waals surface area contributed by atoms with Crippen molar-refractivity contribution in [1.82, 2.24) is 14.7 Å². The van der Waals surface area contributed by atoms with Crippen LogP contribution in [-0.2, 0) is 16.6 Å². The number of ether oxygens (including phenoxy) is 1. The van der Waals surface area contributed by atoms with Gasteiger partial charge < -0.3 is 9.64 Å². The number of aromatic nitrogens is 2. The Hall–Kier alpha value is -1.85. The lowest BCUT2D eigenvalue weighted by molar-refractivity contribution is -0.143. The Morgan fingerprint density at radius 3 is 2.67 bits per heavy atom. The van der Waals surface area contributed by atoms with Crippen molar-refractivity contribution >= 4 is 17.5 Å². The maximum atomic E-state index is 13.1. The molecule has 1 aromatic carbocycles. The zero-order valence-corrected chi connectivity index (χ0v) is 15.0. The molecule has 2 heterocycles. The lowest BCUT2D eigenvalue weighted by Gasteiger charge is -2.28. The molecular formula is C18H22ClN3O2. The molecule has 1 amide bonds. The van der Waals surface area contributed by atoms with Gasteiger partial charge in [-0.05, 0) is 25.3 Å². The Kier molecular flexibility index (Phi) is 4.92. The quantitative estimate of drug-likeness (QED) is 0.851. The largest absolute Gasteiger partial charge is 0.367 e. The highest BCUT2D eigenvalue weighted by molar-refractivity contribution is 6.30. The van der Waals surface area contributed by atoms with Crippen molar-refractivity contribution in [3.63, 3.8) is 0 Å². The predicted octanol–water partition coefficient (Wildman–Crippen LogP) is 3.43. The molecule has 128 valence electrons. The van der Waals surface area contributed by atoms with E-state index in [4.69, 9.17) is 16.3 Å². The predicted molar refractivity (Wildman–Crippen MR) is 92.8 cm³/mol. The van der Waals surface area contributed by atoms with Crippen LogP contribution >= 0.6 is 11.6 Å². The van der Waals surface area contributed by atoms with Gasteiger partial charge in [-0.1, -0.05) is 41.9 Å². The van der Waals surface area contributed by atoms with Crippen LogP contribution < -0.4 is 0 Å². The summed E-state index contributed by atoms with van der Waals surface area (Å²) in [5.41, 5.74) is 2.69. The summed E-state index contributed by atoms with van der Waals surface area (Å²) in [6, 6.07) is 9.55. The molecule has 2 aromatic rings. The second-order valence-corrected chi connectivity index (χ2v) is 6.49. The summed E-state index contributed by atoms with van der Waals surface area (Å²) in [5.74, 6) is -0.0227. The Morgan fingerprint density at radius 1 is 1.38 bits per heavy atom. The molecule has 0 radical (unpaired) electrons. The average molecular weight is 348 g/mol. The van der Waals surface area contributed by atoms with E-state index < -0.39 is 6.10 Å². The fourth-order valence-electron chi connectivity index (χ4n) is 3.51. The third-order valence-electron chi connectivity index (χ3n) is 4.63. The second-order valence-electron chi connectivity index (χ2n) is 6.13. The standard InChI is InChI=1S/C18H22ClN3O2/c1-12-15(17(19)21(2)20-12)14-10-7-11-22(14)18(23)16(24-3)13-8-5-4-6-9-13/h4-6,8-9,14,16H,7,10-11H2,1-3H3/t14-,16+/m1/s1. The number of nitrogens with zero attached hydrogens (tertiary/aromatic N) is 3. The van der Waals surface area contributed by atoms with Crippen molar-refractivity contribution in [1.29, 1.82) is 0 Å². The van der Waals surface area contributed by atoms with Crippen LogP contribution in [0.4, 0.5) is 0 Å². The number of methoxy groups -OCH3 is 1. The minimum absolute atomic E-state index is 0.0227. The molecule has 1 aliphatic rings. The maximum Gasteiger partial charge on any atom is 0.256 e. The van der Waals surface area contributed by atoms with E-state index in [1.807, 2.05) is 49.2 Å². The molecule has 1 aromatic heterocycles.